The van der Waals surface area contributed by atoms with Crippen LogP contribution in [0.1, 0.15) is 20.8 Å². The van der Waals surface area contributed by atoms with Gasteiger partial charge < -0.3 is 13.3 Å². The fourth-order valence-corrected chi connectivity index (χ4v) is 5.02. The van der Waals surface area contributed by atoms with Crippen LogP contribution in [0.3, 0.4) is 0 Å². The molecule has 0 N–H and O–H groups in total. The van der Waals surface area contributed by atoms with Crippen molar-refractivity contribution >= 4 is 43.6 Å². The first-order chi connectivity index (χ1) is 6.89. The Morgan fingerprint density at radius 1 is 0.867 bits per heavy atom. The average molecular weight is 296 g/mol. The maximum Gasteiger partial charge on any atom is 0.505 e. The Hall–Kier alpha value is 0.967. The van der Waals surface area contributed by atoms with Crippen LogP contribution in [0.15, 0.2) is 0 Å². The molecular weight excluding hydrogens is 279 g/mol. The van der Waals surface area contributed by atoms with Gasteiger partial charge in [-0.25, -0.2) is 0 Å². The van der Waals surface area contributed by atoms with Gasteiger partial charge in [-0.05, 0) is 20.8 Å². The fourth-order valence-electron chi connectivity index (χ4n) is 1.18. The van der Waals surface area contributed by atoms with E-state index in [9.17, 15) is 0 Å². The van der Waals surface area contributed by atoms with Gasteiger partial charge in [-0.3, -0.25) is 0 Å². The van der Waals surface area contributed by atoms with Crippen molar-refractivity contribution in [3.8, 4) is 0 Å². The summed E-state index contributed by atoms with van der Waals surface area (Å²) in [5, 5.41) is 0. The average Bonchev–Trinajstić information content (AvgIpc) is 2.01. The quantitative estimate of drug-likeness (QED) is 0.532. The highest BCUT2D eigenvalue weighted by Gasteiger charge is 2.47. The van der Waals surface area contributed by atoms with Crippen LogP contribution in [0.5, 0.6) is 0 Å². The molecule has 0 fully saturated rings. The molecule has 0 radical (unpaired) electrons. The summed E-state index contributed by atoms with van der Waals surface area (Å²) < 4.78 is 15.2. The Balaban J connectivity index is 4.60. The van der Waals surface area contributed by atoms with E-state index in [0.29, 0.717) is 19.8 Å². The molecule has 0 aromatic carbocycles. The Bertz CT molecular complexity index is 158. The van der Waals surface area contributed by atoms with Crippen molar-refractivity contribution in [3.05, 3.63) is 0 Å². The van der Waals surface area contributed by atoms with E-state index in [1.165, 1.54) is 0 Å². The second-order valence-electron chi connectivity index (χ2n) is 2.77. The largest absolute Gasteiger partial charge is 0.505 e. The zero-order chi connectivity index (χ0) is 11.9. The summed E-state index contributed by atoms with van der Waals surface area (Å²) in [4.78, 5) is 0. The van der Waals surface area contributed by atoms with E-state index in [-0.39, 0.29) is 6.04 Å². The van der Waals surface area contributed by atoms with Gasteiger partial charge in [0.05, 0.1) is 6.04 Å². The molecule has 0 unspecified atom stereocenters. The maximum absolute atomic E-state index is 5.75. The normalized spacial score (nSPS) is 13.2. The van der Waals surface area contributed by atoms with E-state index in [2.05, 4.69) is 0 Å². The lowest BCUT2D eigenvalue weighted by Gasteiger charge is -2.30. The van der Waals surface area contributed by atoms with Crippen molar-refractivity contribution in [1.29, 1.82) is 0 Å². The van der Waals surface area contributed by atoms with Crippen LogP contribution in [0.4, 0.5) is 0 Å². The molecule has 92 valence electrons. The molecule has 0 saturated carbocycles. The predicted molar refractivity (Wildman–Crippen MR) is 65.7 cm³/mol. The van der Waals surface area contributed by atoms with Crippen LogP contribution in [0.2, 0.25) is 6.04 Å². The fraction of sp³-hybridized carbons (Fsp3) is 1.00. The molecule has 0 spiro atoms. The van der Waals surface area contributed by atoms with Gasteiger partial charge in [-0.2, -0.15) is 0 Å². The summed E-state index contributed by atoms with van der Waals surface area (Å²) in [5.74, 6) is 0. The van der Waals surface area contributed by atoms with Crippen molar-refractivity contribution in [2.45, 2.75) is 30.6 Å². The predicted octanol–water partition coefficient (Wildman–Crippen LogP) is 3.41. The SMILES string of the molecule is CCO[Si](CC(Cl)(Cl)Cl)(OCC)OCC. The first-order valence-corrected chi connectivity index (χ1v) is 7.94. The van der Waals surface area contributed by atoms with Gasteiger partial charge in [-0.1, -0.05) is 34.8 Å². The van der Waals surface area contributed by atoms with Gasteiger partial charge in [0.25, 0.3) is 0 Å². The molecule has 0 heterocycles. The third-order valence-corrected chi connectivity index (χ3v) is 5.73. The lowest BCUT2D eigenvalue weighted by atomic mass is 10.9. The van der Waals surface area contributed by atoms with Crippen LogP contribution in [0, 0.1) is 0 Å². The second-order valence-corrected chi connectivity index (χ2v) is 7.88. The van der Waals surface area contributed by atoms with Crippen LogP contribution in [-0.2, 0) is 13.3 Å². The second kappa shape index (κ2) is 7.32. The summed E-state index contributed by atoms with van der Waals surface area (Å²) in [5.41, 5.74) is 0. The summed E-state index contributed by atoms with van der Waals surface area (Å²) in [6.07, 6.45) is 0. The molecule has 0 aromatic rings. The van der Waals surface area contributed by atoms with Crippen molar-refractivity contribution in [2.24, 2.45) is 0 Å². The Morgan fingerprint density at radius 2 is 1.20 bits per heavy atom. The van der Waals surface area contributed by atoms with Crippen LogP contribution in [-0.4, -0.2) is 32.4 Å². The first kappa shape index (κ1) is 16.0. The number of hydrogen-bond acceptors (Lipinski definition) is 3. The van der Waals surface area contributed by atoms with Crippen molar-refractivity contribution < 1.29 is 13.3 Å². The summed E-state index contributed by atoms with van der Waals surface area (Å²) in [6, 6.07) is 0.167. The minimum Gasteiger partial charge on any atom is -0.374 e. The Kier molecular flexibility index (Phi) is 7.80. The molecule has 0 aliphatic carbocycles. The molecule has 0 saturated heterocycles. The highest BCUT2D eigenvalue weighted by Crippen LogP contribution is 2.36. The van der Waals surface area contributed by atoms with Crippen molar-refractivity contribution in [1.82, 2.24) is 0 Å². The van der Waals surface area contributed by atoms with Gasteiger partial charge in [-0.15, -0.1) is 0 Å². The van der Waals surface area contributed by atoms with Gasteiger partial charge in [0.1, 0.15) is 0 Å². The van der Waals surface area contributed by atoms with Gasteiger partial charge >= 0.3 is 8.80 Å². The van der Waals surface area contributed by atoms with Crippen LogP contribution >= 0.6 is 34.8 Å². The number of rotatable bonds is 7. The maximum atomic E-state index is 5.75. The zero-order valence-electron chi connectivity index (χ0n) is 9.19. The third kappa shape index (κ3) is 7.00. The molecular formula is C8H17Cl3O3Si. The first-order valence-electron chi connectivity index (χ1n) is 4.87. The van der Waals surface area contributed by atoms with Crippen LogP contribution in [0.25, 0.3) is 0 Å². The molecule has 3 nitrogen and oxygen atoms in total. The molecule has 0 aliphatic rings. The minimum atomic E-state index is -2.83. The molecule has 7 heteroatoms. The topological polar surface area (TPSA) is 27.7 Å². The van der Waals surface area contributed by atoms with E-state index in [0.717, 1.165) is 0 Å². The van der Waals surface area contributed by atoms with Gasteiger partial charge in [0.2, 0.25) is 0 Å². The summed E-state index contributed by atoms with van der Waals surface area (Å²) in [6.45, 7) is 7.02. The van der Waals surface area contributed by atoms with Crippen molar-refractivity contribution in [3.63, 3.8) is 0 Å². The number of alkyl halides is 3. The van der Waals surface area contributed by atoms with E-state index >= 15 is 0 Å². The summed E-state index contributed by atoms with van der Waals surface area (Å²) >= 11 is 17.3. The molecule has 15 heavy (non-hydrogen) atoms. The van der Waals surface area contributed by atoms with Gasteiger partial charge in [0, 0.05) is 19.8 Å². The number of hydrogen-bond donors (Lipinski definition) is 0. The smallest absolute Gasteiger partial charge is 0.374 e. The third-order valence-electron chi connectivity index (χ3n) is 1.51. The minimum absolute atomic E-state index is 0.167. The highest BCUT2D eigenvalue weighted by molar-refractivity contribution is 6.74. The molecule has 0 rings (SSSR count). The van der Waals surface area contributed by atoms with Gasteiger partial charge in [0.15, 0.2) is 3.79 Å². The van der Waals surface area contributed by atoms with E-state index in [1.807, 2.05) is 20.8 Å². The Labute approximate surface area is 107 Å². The Morgan fingerprint density at radius 3 is 1.40 bits per heavy atom. The standard InChI is InChI=1S/C8H17Cl3O3Si/c1-4-12-15(13-5-2,14-6-3)7-8(9,10)11/h4-7H2,1-3H3. The summed E-state index contributed by atoms with van der Waals surface area (Å²) in [7, 11) is -2.83. The molecule has 0 bridgehead atoms. The molecule has 0 aromatic heterocycles. The lowest BCUT2D eigenvalue weighted by molar-refractivity contribution is 0.0717. The molecule has 0 amide bonds. The van der Waals surface area contributed by atoms with E-state index < -0.39 is 12.6 Å². The lowest BCUT2D eigenvalue weighted by Crippen LogP contribution is -2.48. The molecule has 0 aliphatic heterocycles. The van der Waals surface area contributed by atoms with Crippen molar-refractivity contribution in [2.75, 3.05) is 19.8 Å². The number of halogens is 3. The zero-order valence-corrected chi connectivity index (χ0v) is 12.5. The van der Waals surface area contributed by atoms with E-state index in [1.54, 1.807) is 0 Å². The van der Waals surface area contributed by atoms with E-state index in [4.69, 9.17) is 48.1 Å². The molecule has 0 atom stereocenters. The monoisotopic (exact) mass is 294 g/mol. The highest BCUT2D eigenvalue weighted by atomic mass is 35.6. The van der Waals surface area contributed by atoms with Crippen LogP contribution < -0.4 is 0 Å².